The van der Waals surface area contributed by atoms with Crippen molar-refractivity contribution in [2.24, 2.45) is 0 Å². The summed E-state index contributed by atoms with van der Waals surface area (Å²) in [6, 6.07) is 7.30. The minimum atomic E-state index is -0.640. The molecule has 0 amide bonds. The Morgan fingerprint density at radius 2 is 1.89 bits per heavy atom. The summed E-state index contributed by atoms with van der Waals surface area (Å²) in [7, 11) is 0. The molecule has 1 aromatic carbocycles. The van der Waals surface area contributed by atoms with Gasteiger partial charge in [0, 0.05) is 18.8 Å². The third-order valence-electron chi connectivity index (χ3n) is 2.39. The Hall–Kier alpha value is -1.43. The lowest BCUT2D eigenvalue weighted by Gasteiger charge is -2.11. The monoisotopic (exact) mass is 282 g/mol. The van der Waals surface area contributed by atoms with Crippen LogP contribution < -0.4 is 0 Å². The standard InChI is InChI=1S/C13H15ClN2O3/c1-3-17-13(18-4-2)12-15-11(16-19-12)9-7-5-6-8-10(9)14/h5-8,13H,3-4H2,1-2H3. The van der Waals surface area contributed by atoms with Gasteiger partial charge in [-0.2, -0.15) is 4.98 Å². The molecule has 0 saturated heterocycles. The van der Waals surface area contributed by atoms with E-state index in [0.717, 1.165) is 0 Å². The smallest absolute Gasteiger partial charge is 0.283 e. The van der Waals surface area contributed by atoms with E-state index in [1.165, 1.54) is 0 Å². The maximum Gasteiger partial charge on any atom is 0.283 e. The van der Waals surface area contributed by atoms with Crippen LogP contribution in [0.3, 0.4) is 0 Å². The van der Waals surface area contributed by atoms with Crippen LogP contribution in [0.25, 0.3) is 11.4 Å². The number of ether oxygens (including phenoxy) is 2. The van der Waals surface area contributed by atoms with E-state index in [9.17, 15) is 0 Å². The molecule has 19 heavy (non-hydrogen) atoms. The van der Waals surface area contributed by atoms with Crippen molar-refractivity contribution in [2.75, 3.05) is 13.2 Å². The van der Waals surface area contributed by atoms with Crippen LogP contribution in [0.1, 0.15) is 26.0 Å². The summed E-state index contributed by atoms with van der Waals surface area (Å²) in [5.74, 6) is 0.712. The predicted molar refractivity (Wildman–Crippen MR) is 70.7 cm³/mol. The average Bonchev–Trinajstić information content (AvgIpc) is 2.88. The highest BCUT2D eigenvalue weighted by Gasteiger charge is 2.20. The summed E-state index contributed by atoms with van der Waals surface area (Å²) >= 11 is 6.09. The second-order valence-corrected chi connectivity index (χ2v) is 4.09. The highest BCUT2D eigenvalue weighted by molar-refractivity contribution is 6.33. The van der Waals surface area contributed by atoms with Gasteiger partial charge in [-0.25, -0.2) is 0 Å². The Labute approximate surface area is 116 Å². The summed E-state index contributed by atoms with van der Waals surface area (Å²) in [5, 5.41) is 4.47. The first-order valence-electron chi connectivity index (χ1n) is 6.08. The lowest BCUT2D eigenvalue weighted by molar-refractivity contribution is -0.155. The molecule has 0 atom stereocenters. The van der Waals surface area contributed by atoms with Crippen LogP contribution in [-0.2, 0) is 9.47 Å². The van der Waals surface area contributed by atoms with Gasteiger partial charge in [0.15, 0.2) is 0 Å². The first kappa shape index (κ1) is 14.0. The molecule has 0 aliphatic heterocycles. The molecular formula is C13H15ClN2O3. The zero-order valence-corrected chi connectivity index (χ0v) is 11.6. The van der Waals surface area contributed by atoms with E-state index in [1.54, 1.807) is 6.07 Å². The van der Waals surface area contributed by atoms with Crippen molar-refractivity contribution in [3.63, 3.8) is 0 Å². The van der Waals surface area contributed by atoms with Gasteiger partial charge in [-0.05, 0) is 26.0 Å². The Morgan fingerprint density at radius 3 is 2.53 bits per heavy atom. The summed E-state index contributed by atoms with van der Waals surface area (Å²) in [6.45, 7) is 4.73. The number of aromatic nitrogens is 2. The zero-order valence-electron chi connectivity index (χ0n) is 10.8. The van der Waals surface area contributed by atoms with Crippen molar-refractivity contribution in [2.45, 2.75) is 20.1 Å². The fraction of sp³-hybridized carbons (Fsp3) is 0.385. The Bertz CT molecular complexity index is 524. The second-order valence-electron chi connectivity index (χ2n) is 3.68. The van der Waals surface area contributed by atoms with E-state index in [2.05, 4.69) is 10.1 Å². The molecular weight excluding hydrogens is 268 g/mol. The van der Waals surface area contributed by atoms with Gasteiger partial charge in [-0.3, -0.25) is 0 Å². The summed E-state index contributed by atoms with van der Waals surface area (Å²) < 4.78 is 16.0. The van der Waals surface area contributed by atoms with Gasteiger partial charge in [0.1, 0.15) is 0 Å². The number of rotatable bonds is 6. The fourth-order valence-electron chi connectivity index (χ4n) is 1.58. The number of hydrogen-bond acceptors (Lipinski definition) is 5. The van der Waals surface area contributed by atoms with E-state index in [0.29, 0.717) is 35.5 Å². The molecule has 102 valence electrons. The Kier molecular flexibility index (Phi) is 4.90. The van der Waals surface area contributed by atoms with Crippen molar-refractivity contribution >= 4 is 11.6 Å². The summed E-state index contributed by atoms with van der Waals surface area (Å²) in [6.07, 6.45) is -0.640. The highest BCUT2D eigenvalue weighted by atomic mass is 35.5. The van der Waals surface area contributed by atoms with E-state index < -0.39 is 6.29 Å². The fourth-order valence-corrected chi connectivity index (χ4v) is 1.80. The van der Waals surface area contributed by atoms with E-state index in [4.69, 9.17) is 25.6 Å². The molecule has 0 fully saturated rings. The third kappa shape index (κ3) is 3.32. The third-order valence-corrected chi connectivity index (χ3v) is 2.72. The van der Waals surface area contributed by atoms with Crippen molar-refractivity contribution in [3.8, 4) is 11.4 Å². The van der Waals surface area contributed by atoms with Gasteiger partial charge >= 0.3 is 0 Å². The van der Waals surface area contributed by atoms with Crippen LogP contribution in [0.4, 0.5) is 0 Å². The zero-order chi connectivity index (χ0) is 13.7. The minimum absolute atomic E-state index is 0.290. The molecule has 0 radical (unpaired) electrons. The normalized spacial score (nSPS) is 11.2. The van der Waals surface area contributed by atoms with Crippen LogP contribution in [0.5, 0.6) is 0 Å². The molecule has 2 rings (SSSR count). The SMILES string of the molecule is CCOC(OCC)c1nc(-c2ccccc2Cl)no1. The first-order chi connectivity index (χ1) is 9.26. The number of hydrogen-bond donors (Lipinski definition) is 0. The molecule has 2 aromatic rings. The molecule has 1 aromatic heterocycles. The van der Waals surface area contributed by atoms with Gasteiger partial charge in [-0.15, -0.1) is 0 Å². The molecule has 0 saturated carbocycles. The van der Waals surface area contributed by atoms with E-state index in [-0.39, 0.29) is 0 Å². The Morgan fingerprint density at radius 1 is 1.21 bits per heavy atom. The molecule has 5 nitrogen and oxygen atoms in total. The lowest BCUT2D eigenvalue weighted by atomic mass is 10.2. The molecule has 0 bridgehead atoms. The highest BCUT2D eigenvalue weighted by Crippen LogP contribution is 2.27. The molecule has 1 heterocycles. The maximum absolute atomic E-state index is 6.09. The van der Waals surface area contributed by atoms with Gasteiger partial charge in [0.2, 0.25) is 12.1 Å². The summed E-state index contributed by atoms with van der Waals surface area (Å²) in [4.78, 5) is 4.27. The number of benzene rings is 1. The van der Waals surface area contributed by atoms with Crippen LogP contribution >= 0.6 is 11.6 Å². The Balaban J connectivity index is 2.25. The molecule has 0 unspecified atom stereocenters. The quantitative estimate of drug-likeness (QED) is 0.759. The van der Waals surface area contributed by atoms with Gasteiger partial charge in [0.05, 0.1) is 5.02 Å². The van der Waals surface area contributed by atoms with Crippen molar-refractivity contribution in [1.82, 2.24) is 10.1 Å². The average molecular weight is 283 g/mol. The molecule has 0 N–H and O–H groups in total. The van der Waals surface area contributed by atoms with Crippen molar-refractivity contribution in [1.29, 1.82) is 0 Å². The number of nitrogens with zero attached hydrogens (tertiary/aromatic N) is 2. The second kappa shape index (κ2) is 6.65. The van der Waals surface area contributed by atoms with Crippen LogP contribution in [0.15, 0.2) is 28.8 Å². The number of halogens is 1. The minimum Gasteiger partial charge on any atom is -0.345 e. The van der Waals surface area contributed by atoms with Crippen molar-refractivity contribution < 1.29 is 14.0 Å². The van der Waals surface area contributed by atoms with Crippen molar-refractivity contribution in [3.05, 3.63) is 35.2 Å². The predicted octanol–water partition coefficient (Wildman–Crippen LogP) is 3.46. The van der Waals surface area contributed by atoms with Crippen LogP contribution in [0, 0.1) is 0 Å². The molecule has 6 heteroatoms. The first-order valence-corrected chi connectivity index (χ1v) is 6.45. The maximum atomic E-state index is 6.09. The molecule has 0 spiro atoms. The molecule has 0 aliphatic rings. The largest absolute Gasteiger partial charge is 0.345 e. The van der Waals surface area contributed by atoms with Gasteiger partial charge < -0.3 is 14.0 Å². The molecule has 0 aliphatic carbocycles. The van der Waals surface area contributed by atoms with E-state index >= 15 is 0 Å². The van der Waals surface area contributed by atoms with Crippen LogP contribution in [-0.4, -0.2) is 23.4 Å². The topological polar surface area (TPSA) is 57.4 Å². The van der Waals surface area contributed by atoms with Gasteiger partial charge in [0.25, 0.3) is 5.89 Å². The van der Waals surface area contributed by atoms with Gasteiger partial charge in [-0.1, -0.05) is 28.9 Å². The lowest BCUT2D eigenvalue weighted by Crippen LogP contribution is -2.09. The van der Waals surface area contributed by atoms with E-state index in [1.807, 2.05) is 32.0 Å². The van der Waals surface area contributed by atoms with Crippen LogP contribution in [0.2, 0.25) is 5.02 Å². The summed E-state index contributed by atoms with van der Waals surface area (Å²) in [5.41, 5.74) is 0.714.